The molecule has 3 aromatic rings. The summed E-state index contributed by atoms with van der Waals surface area (Å²) in [7, 11) is -10.7. The van der Waals surface area contributed by atoms with Gasteiger partial charge >= 0.3 is 21.3 Å². The van der Waals surface area contributed by atoms with Gasteiger partial charge in [-0.25, -0.2) is 28.9 Å². The van der Waals surface area contributed by atoms with E-state index in [0.717, 1.165) is 10.9 Å². The molecule has 2 aliphatic rings. The number of aliphatic hydroxyl groups is 3. The average molecular weight is 651 g/mol. The fourth-order valence-corrected chi connectivity index (χ4v) is 6.59. The maximum Gasteiger partial charge on any atom is 0.481 e. The van der Waals surface area contributed by atoms with Gasteiger partial charge in [0, 0.05) is 18.2 Å². The number of nitrogens with zero attached hydrogens (tertiary/aromatic N) is 5. The Balaban J connectivity index is 1.15. The van der Waals surface area contributed by atoms with Crippen molar-refractivity contribution in [1.29, 1.82) is 0 Å². The standard InChI is InChI=1S/C20H27N7O14P2/c1-8-3-26(20(32)25-18(8)31)12-2-9(28)10(39-12)4-37-42(33,34)41-43(35,36)38-5-11-14(29)15(30)19(40-11)27-7-24-13-16(21)22-6-23-17(13)27/h3,6-7,9-12,14-15,19,28-30H,2,4-5H2,1H3,(H,33,34)(H,35,36)(H2,21,22,23)(H,25,31,32)/t9-,10+,11+,12+,14+,15+,19+/m0/s1. The molecule has 23 heteroatoms. The third kappa shape index (κ3) is 6.63. The van der Waals surface area contributed by atoms with E-state index >= 15 is 0 Å². The fraction of sp³-hybridized carbons (Fsp3) is 0.550. The second-order valence-electron chi connectivity index (χ2n) is 9.65. The Labute approximate surface area is 239 Å². The molecule has 0 aliphatic carbocycles. The summed E-state index contributed by atoms with van der Waals surface area (Å²) >= 11 is 0. The van der Waals surface area contributed by atoms with Crippen molar-refractivity contribution in [1.82, 2.24) is 29.1 Å². The molecule has 0 amide bonds. The van der Waals surface area contributed by atoms with Crippen LogP contribution in [0.3, 0.4) is 0 Å². The molecule has 2 unspecified atom stereocenters. The van der Waals surface area contributed by atoms with E-state index in [4.69, 9.17) is 24.3 Å². The molecular formula is C20H27N7O14P2. The number of imidazole rings is 1. The maximum absolute atomic E-state index is 12.4. The smallest absolute Gasteiger partial charge is 0.390 e. The molecule has 5 rings (SSSR count). The van der Waals surface area contributed by atoms with Gasteiger partial charge in [-0.2, -0.15) is 4.31 Å². The highest BCUT2D eigenvalue weighted by atomic mass is 31.3. The number of nitrogens with two attached hydrogens (primary N) is 1. The Morgan fingerprint density at radius 3 is 2.40 bits per heavy atom. The number of phosphoric ester groups is 2. The molecule has 0 bridgehead atoms. The number of aryl methyl sites for hydroxylation is 1. The first-order chi connectivity index (χ1) is 20.2. The van der Waals surface area contributed by atoms with Crippen molar-refractivity contribution < 1.29 is 57.1 Å². The summed E-state index contributed by atoms with van der Waals surface area (Å²) in [4.78, 5) is 57.6. The van der Waals surface area contributed by atoms with Crippen LogP contribution in [0, 0.1) is 6.92 Å². The average Bonchev–Trinajstić information content (AvgIpc) is 3.60. The minimum atomic E-state index is -5.34. The predicted octanol–water partition coefficient (Wildman–Crippen LogP) is -2.21. The fourth-order valence-electron chi connectivity index (χ4n) is 4.50. The second-order valence-corrected chi connectivity index (χ2v) is 12.7. The van der Waals surface area contributed by atoms with Crippen LogP contribution in [-0.2, 0) is 32.0 Å². The molecule has 2 aliphatic heterocycles. The number of aromatic nitrogens is 6. The van der Waals surface area contributed by atoms with Crippen molar-refractivity contribution in [3.63, 3.8) is 0 Å². The SMILES string of the molecule is Cc1cn([C@H]2C[C@H](O)[C@@H](COP(=O)(O)OP(=O)(O)OC[C@H]3O[C@@H](n4cnc5c(N)ncnc54)[C@H](O)[C@@H]3O)O2)c(=O)[nH]c1=O. The largest absolute Gasteiger partial charge is 0.481 e. The first-order valence-corrected chi connectivity index (χ1v) is 15.4. The number of aromatic amines is 1. The number of anilines is 1. The van der Waals surface area contributed by atoms with Crippen molar-refractivity contribution >= 4 is 32.6 Å². The number of rotatable bonds is 10. The summed E-state index contributed by atoms with van der Waals surface area (Å²) in [5.41, 5.74) is 4.89. The molecule has 236 valence electrons. The van der Waals surface area contributed by atoms with Gasteiger partial charge in [-0.05, 0) is 6.92 Å². The highest BCUT2D eigenvalue weighted by Crippen LogP contribution is 2.60. The predicted molar refractivity (Wildman–Crippen MR) is 139 cm³/mol. The minimum Gasteiger partial charge on any atom is -0.390 e. The van der Waals surface area contributed by atoms with Gasteiger partial charge in [-0.1, -0.05) is 0 Å². The Morgan fingerprint density at radius 1 is 1.02 bits per heavy atom. The van der Waals surface area contributed by atoms with Crippen LogP contribution < -0.4 is 17.0 Å². The molecule has 0 radical (unpaired) electrons. The second kappa shape index (κ2) is 11.9. The molecule has 2 fully saturated rings. The molecule has 9 atom stereocenters. The van der Waals surface area contributed by atoms with E-state index in [0.29, 0.717) is 0 Å². The quantitative estimate of drug-likeness (QED) is 0.114. The zero-order valence-corrected chi connectivity index (χ0v) is 23.8. The molecule has 0 saturated carbocycles. The summed E-state index contributed by atoms with van der Waals surface area (Å²) in [6.07, 6.45) is -6.09. The zero-order valence-electron chi connectivity index (χ0n) is 22.0. The Kier molecular flexibility index (Phi) is 8.71. The third-order valence-electron chi connectivity index (χ3n) is 6.67. The molecule has 2 saturated heterocycles. The zero-order chi connectivity index (χ0) is 31.3. The van der Waals surface area contributed by atoms with E-state index in [1.165, 1.54) is 24.0 Å². The van der Waals surface area contributed by atoms with Crippen LogP contribution in [0.2, 0.25) is 0 Å². The van der Waals surface area contributed by atoms with Gasteiger partial charge in [-0.3, -0.25) is 28.0 Å². The molecule has 8 N–H and O–H groups in total. The van der Waals surface area contributed by atoms with Crippen molar-refractivity contribution in [2.24, 2.45) is 0 Å². The van der Waals surface area contributed by atoms with Crippen LogP contribution in [0.1, 0.15) is 24.4 Å². The Bertz CT molecular complexity index is 1710. The normalized spacial score (nSPS) is 30.4. The van der Waals surface area contributed by atoms with Gasteiger partial charge in [0.15, 0.2) is 17.7 Å². The van der Waals surface area contributed by atoms with Gasteiger partial charge in [-0.15, -0.1) is 0 Å². The van der Waals surface area contributed by atoms with Crippen molar-refractivity contribution in [2.75, 3.05) is 18.9 Å². The Morgan fingerprint density at radius 2 is 1.70 bits per heavy atom. The van der Waals surface area contributed by atoms with E-state index in [-0.39, 0.29) is 29.0 Å². The van der Waals surface area contributed by atoms with E-state index in [1.54, 1.807) is 0 Å². The third-order valence-corrected chi connectivity index (χ3v) is 9.27. The molecule has 43 heavy (non-hydrogen) atoms. The van der Waals surface area contributed by atoms with E-state index in [2.05, 4.69) is 24.2 Å². The number of ether oxygens (including phenoxy) is 2. The minimum absolute atomic E-state index is 0.0545. The lowest BCUT2D eigenvalue weighted by Gasteiger charge is -2.21. The summed E-state index contributed by atoms with van der Waals surface area (Å²) in [6.45, 7) is -0.248. The number of hydrogen-bond donors (Lipinski definition) is 7. The highest BCUT2D eigenvalue weighted by molar-refractivity contribution is 7.61. The highest BCUT2D eigenvalue weighted by Gasteiger charge is 2.46. The topological polar surface area (TPSA) is 306 Å². The number of hydrogen-bond acceptors (Lipinski definition) is 16. The number of fused-ring (bicyclic) bond motifs is 1. The molecule has 0 aromatic carbocycles. The molecule has 3 aromatic heterocycles. The summed E-state index contributed by atoms with van der Waals surface area (Å²) in [5.74, 6) is 0.0545. The number of nitrogen functional groups attached to an aromatic ring is 1. The van der Waals surface area contributed by atoms with Gasteiger partial charge in [0.1, 0.15) is 42.5 Å². The van der Waals surface area contributed by atoms with Crippen LogP contribution in [0.5, 0.6) is 0 Å². The van der Waals surface area contributed by atoms with Crippen molar-refractivity contribution in [2.45, 2.75) is 56.3 Å². The van der Waals surface area contributed by atoms with E-state index in [9.17, 15) is 43.8 Å². The summed E-state index contributed by atoms with van der Waals surface area (Å²) in [6, 6.07) is 0. The number of phosphoric acid groups is 2. The lowest BCUT2D eigenvalue weighted by atomic mass is 10.1. The molecule has 21 nitrogen and oxygen atoms in total. The van der Waals surface area contributed by atoms with Gasteiger partial charge in [0.05, 0.1) is 25.6 Å². The van der Waals surface area contributed by atoms with Gasteiger partial charge in [0.25, 0.3) is 5.56 Å². The lowest BCUT2D eigenvalue weighted by molar-refractivity contribution is -0.0518. The van der Waals surface area contributed by atoms with Crippen LogP contribution in [-0.4, -0.2) is 97.9 Å². The number of nitrogens with one attached hydrogen (secondary N) is 1. The molecular weight excluding hydrogens is 624 g/mol. The summed E-state index contributed by atoms with van der Waals surface area (Å²) < 4.78 is 51.8. The van der Waals surface area contributed by atoms with Crippen LogP contribution in [0.4, 0.5) is 5.82 Å². The first kappa shape index (κ1) is 31.5. The molecule has 5 heterocycles. The van der Waals surface area contributed by atoms with Crippen molar-refractivity contribution in [3.8, 4) is 0 Å². The van der Waals surface area contributed by atoms with E-state index < -0.39 is 83.1 Å². The van der Waals surface area contributed by atoms with Gasteiger partial charge < -0.3 is 40.3 Å². The monoisotopic (exact) mass is 651 g/mol. The van der Waals surface area contributed by atoms with Crippen LogP contribution >= 0.6 is 15.6 Å². The van der Waals surface area contributed by atoms with E-state index in [1.807, 2.05) is 0 Å². The van der Waals surface area contributed by atoms with Crippen molar-refractivity contribution in [3.05, 3.63) is 45.3 Å². The molecule has 0 spiro atoms. The number of aliphatic hydroxyl groups excluding tert-OH is 3. The summed E-state index contributed by atoms with van der Waals surface area (Å²) in [5, 5.41) is 31.2. The van der Waals surface area contributed by atoms with Crippen LogP contribution in [0.25, 0.3) is 11.2 Å². The first-order valence-electron chi connectivity index (χ1n) is 12.4. The number of H-pyrrole nitrogens is 1. The van der Waals surface area contributed by atoms with Gasteiger partial charge in [0.2, 0.25) is 0 Å². The van der Waals surface area contributed by atoms with Crippen LogP contribution in [0.15, 0.2) is 28.4 Å². The maximum atomic E-state index is 12.4. The lowest BCUT2D eigenvalue weighted by Crippen LogP contribution is -2.33. The Hall–Kier alpha value is -2.91.